The van der Waals surface area contributed by atoms with Crippen molar-refractivity contribution in [1.82, 2.24) is 10.4 Å². The minimum atomic E-state index is -0.283. The third kappa shape index (κ3) is 3.62. The van der Waals surface area contributed by atoms with Crippen LogP contribution in [0.5, 0.6) is 5.75 Å². The van der Waals surface area contributed by atoms with Crippen LogP contribution in [0.3, 0.4) is 0 Å². The van der Waals surface area contributed by atoms with Crippen LogP contribution in [0.2, 0.25) is 8.67 Å². The first-order chi connectivity index (χ1) is 9.51. The second-order valence-electron chi connectivity index (χ2n) is 4.50. The van der Waals surface area contributed by atoms with E-state index in [1.54, 1.807) is 18.5 Å². The van der Waals surface area contributed by atoms with Gasteiger partial charge in [-0.05, 0) is 31.5 Å². The summed E-state index contributed by atoms with van der Waals surface area (Å²) in [7, 11) is 0. The number of nitrogens with two attached hydrogens (primary N) is 1. The molecular formula is C13H15Cl2N3OS. The van der Waals surface area contributed by atoms with E-state index in [1.807, 2.05) is 19.9 Å². The summed E-state index contributed by atoms with van der Waals surface area (Å²) >= 11 is 13.5. The van der Waals surface area contributed by atoms with Gasteiger partial charge in [-0.3, -0.25) is 10.8 Å². The van der Waals surface area contributed by atoms with Crippen LogP contribution < -0.4 is 16.0 Å². The number of hydrogen-bond acceptors (Lipinski definition) is 5. The van der Waals surface area contributed by atoms with Gasteiger partial charge in [0.1, 0.15) is 5.75 Å². The minimum Gasteiger partial charge on any atom is -0.489 e. The van der Waals surface area contributed by atoms with E-state index >= 15 is 0 Å². The molecule has 2 rings (SSSR count). The topological polar surface area (TPSA) is 60.2 Å². The second-order valence-corrected chi connectivity index (χ2v) is 6.79. The van der Waals surface area contributed by atoms with E-state index in [2.05, 4.69) is 10.4 Å². The van der Waals surface area contributed by atoms with Gasteiger partial charge >= 0.3 is 0 Å². The van der Waals surface area contributed by atoms with Crippen molar-refractivity contribution in [3.63, 3.8) is 0 Å². The van der Waals surface area contributed by atoms with Crippen molar-refractivity contribution < 1.29 is 4.74 Å². The molecule has 0 spiro atoms. The smallest absolute Gasteiger partial charge is 0.138 e. The molecule has 2 aromatic heterocycles. The standard InChI is InChI=1S/C13H15Cl2N3OS/c1-7(2)19-9-3-8(5-17-6-9)12(18-16)10-4-11(14)20-13(10)15/h3-7,12,18H,16H2,1-2H3. The van der Waals surface area contributed by atoms with Gasteiger partial charge < -0.3 is 4.74 Å². The highest BCUT2D eigenvalue weighted by atomic mass is 35.5. The van der Waals surface area contributed by atoms with Gasteiger partial charge in [-0.1, -0.05) is 23.2 Å². The van der Waals surface area contributed by atoms with Gasteiger partial charge in [-0.15, -0.1) is 11.3 Å². The molecule has 7 heteroatoms. The second kappa shape index (κ2) is 6.74. The number of thiophene rings is 1. The van der Waals surface area contributed by atoms with E-state index in [0.29, 0.717) is 14.4 Å². The number of nitrogens with zero attached hydrogens (tertiary/aromatic N) is 1. The highest BCUT2D eigenvalue weighted by molar-refractivity contribution is 7.20. The number of hydrazine groups is 1. The molecule has 1 unspecified atom stereocenters. The van der Waals surface area contributed by atoms with Gasteiger partial charge in [0.05, 0.1) is 27.0 Å². The number of nitrogens with one attached hydrogen (secondary N) is 1. The van der Waals surface area contributed by atoms with Gasteiger partial charge in [0.15, 0.2) is 0 Å². The maximum absolute atomic E-state index is 6.18. The van der Waals surface area contributed by atoms with Gasteiger partial charge in [-0.2, -0.15) is 0 Å². The number of hydrogen-bond donors (Lipinski definition) is 2. The molecule has 0 bridgehead atoms. The summed E-state index contributed by atoms with van der Waals surface area (Å²) in [5, 5.41) is 0. The lowest BCUT2D eigenvalue weighted by Crippen LogP contribution is -2.28. The summed E-state index contributed by atoms with van der Waals surface area (Å²) in [5.74, 6) is 6.34. The molecule has 0 aliphatic carbocycles. The van der Waals surface area contributed by atoms with E-state index in [-0.39, 0.29) is 12.1 Å². The van der Waals surface area contributed by atoms with Crippen LogP contribution in [-0.4, -0.2) is 11.1 Å². The fourth-order valence-corrected chi connectivity index (χ4v) is 3.38. The van der Waals surface area contributed by atoms with Crippen molar-refractivity contribution in [1.29, 1.82) is 0 Å². The fraction of sp³-hybridized carbons (Fsp3) is 0.308. The van der Waals surface area contributed by atoms with Gasteiger partial charge in [0.2, 0.25) is 0 Å². The van der Waals surface area contributed by atoms with Gasteiger partial charge in [-0.25, -0.2) is 5.43 Å². The molecule has 4 nitrogen and oxygen atoms in total. The Bertz CT molecular complexity index is 589. The van der Waals surface area contributed by atoms with Crippen molar-refractivity contribution in [3.8, 4) is 5.75 Å². The normalized spacial score (nSPS) is 12.7. The Labute approximate surface area is 131 Å². The summed E-state index contributed by atoms with van der Waals surface area (Å²) in [6.07, 6.45) is 3.47. The van der Waals surface area contributed by atoms with E-state index < -0.39 is 0 Å². The molecule has 1 atom stereocenters. The molecule has 20 heavy (non-hydrogen) atoms. The number of aromatic nitrogens is 1. The third-order valence-electron chi connectivity index (χ3n) is 2.60. The summed E-state index contributed by atoms with van der Waals surface area (Å²) in [5.41, 5.74) is 4.43. The minimum absolute atomic E-state index is 0.0792. The molecule has 0 aliphatic heterocycles. The van der Waals surface area contributed by atoms with Crippen molar-refractivity contribution in [2.24, 2.45) is 5.84 Å². The lowest BCUT2D eigenvalue weighted by molar-refractivity contribution is 0.241. The predicted molar refractivity (Wildman–Crippen MR) is 83.5 cm³/mol. The SMILES string of the molecule is CC(C)Oc1cncc(C(NN)c2cc(Cl)sc2Cl)c1. The number of halogens is 2. The van der Waals surface area contributed by atoms with Crippen LogP contribution >= 0.6 is 34.5 Å². The highest BCUT2D eigenvalue weighted by Gasteiger charge is 2.19. The maximum atomic E-state index is 6.18. The number of rotatable bonds is 5. The lowest BCUT2D eigenvalue weighted by Gasteiger charge is -2.17. The monoisotopic (exact) mass is 331 g/mol. The summed E-state index contributed by atoms with van der Waals surface area (Å²) in [6, 6.07) is 3.41. The van der Waals surface area contributed by atoms with Crippen molar-refractivity contribution in [2.75, 3.05) is 0 Å². The Morgan fingerprint density at radius 1 is 1.30 bits per heavy atom. The Hall–Kier alpha value is -0.850. The molecule has 2 heterocycles. The van der Waals surface area contributed by atoms with E-state index in [9.17, 15) is 0 Å². The molecule has 3 N–H and O–H groups in total. The average molecular weight is 332 g/mol. The molecular weight excluding hydrogens is 317 g/mol. The van der Waals surface area contributed by atoms with E-state index in [1.165, 1.54) is 11.3 Å². The molecule has 108 valence electrons. The molecule has 0 amide bonds. The Kier molecular flexibility index (Phi) is 5.23. The van der Waals surface area contributed by atoms with Crippen LogP contribution in [0.15, 0.2) is 24.5 Å². The Balaban J connectivity index is 2.34. The summed E-state index contributed by atoms with van der Waals surface area (Å²) in [6.45, 7) is 3.92. The van der Waals surface area contributed by atoms with Crippen LogP contribution in [0.25, 0.3) is 0 Å². The predicted octanol–water partition coefficient (Wildman–Crippen LogP) is 3.79. The fourth-order valence-electron chi connectivity index (χ4n) is 1.85. The van der Waals surface area contributed by atoms with Crippen LogP contribution in [-0.2, 0) is 0 Å². The highest BCUT2D eigenvalue weighted by Crippen LogP contribution is 2.37. The van der Waals surface area contributed by atoms with Crippen LogP contribution in [0.1, 0.15) is 31.0 Å². The molecule has 0 saturated carbocycles. The Morgan fingerprint density at radius 3 is 2.60 bits per heavy atom. The molecule has 0 aromatic carbocycles. The average Bonchev–Trinajstić information content (AvgIpc) is 2.69. The molecule has 2 aromatic rings. The zero-order chi connectivity index (χ0) is 14.7. The first-order valence-electron chi connectivity index (χ1n) is 6.03. The number of pyridine rings is 1. The van der Waals surface area contributed by atoms with Gasteiger partial charge in [0, 0.05) is 11.8 Å². The first-order valence-corrected chi connectivity index (χ1v) is 7.61. The van der Waals surface area contributed by atoms with E-state index in [0.717, 1.165) is 11.1 Å². The maximum Gasteiger partial charge on any atom is 0.138 e. The van der Waals surface area contributed by atoms with Crippen LogP contribution in [0.4, 0.5) is 0 Å². The summed E-state index contributed by atoms with van der Waals surface area (Å²) < 4.78 is 6.86. The zero-order valence-electron chi connectivity index (χ0n) is 11.1. The third-order valence-corrected chi connectivity index (χ3v) is 4.12. The summed E-state index contributed by atoms with van der Waals surface area (Å²) in [4.78, 5) is 4.18. The molecule has 0 aliphatic rings. The Morgan fingerprint density at radius 2 is 2.05 bits per heavy atom. The largest absolute Gasteiger partial charge is 0.489 e. The van der Waals surface area contributed by atoms with Gasteiger partial charge in [0.25, 0.3) is 0 Å². The number of ether oxygens (including phenoxy) is 1. The molecule has 0 saturated heterocycles. The first kappa shape index (κ1) is 15.5. The lowest BCUT2D eigenvalue weighted by atomic mass is 10.0. The van der Waals surface area contributed by atoms with E-state index in [4.69, 9.17) is 33.8 Å². The van der Waals surface area contributed by atoms with Crippen molar-refractivity contribution >= 4 is 34.5 Å². The van der Waals surface area contributed by atoms with Crippen LogP contribution in [0, 0.1) is 0 Å². The molecule has 0 fully saturated rings. The molecule has 0 radical (unpaired) electrons. The zero-order valence-corrected chi connectivity index (χ0v) is 13.4. The quantitative estimate of drug-likeness (QED) is 0.646. The van der Waals surface area contributed by atoms with Crippen molar-refractivity contribution in [2.45, 2.75) is 26.0 Å². The van der Waals surface area contributed by atoms with Crippen molar-refractivity contribution in [3.05, 3.63) is 44.3 Å².